The molecular weight excluding hydrogens is 510 g/mol. The van der Waals surface area contributed by atoms with Crippen LogP contribution < -0.4 is 5.73 Å². The van der Waals surface area contributed by atoms with E-state index in [1.807, 2.05) is 34.7 Å². The van der Waals surface area contributed by atoms with E-state index >= 15 is 0 Å². The number of carbonyl (C=O) groups is 2. The molecule has 2 saturated heterocycles. The fourth-order valence-corrected chi connectivity index (χ4v) is 6.30. The van der Waals surface area contributed by atoms with Crippen LogP contribution in [0.3, 0.4) is 0 Å². The van der Waals surface area contributed by atoms with E-state index in [0.717, 1.165) is 35.5 Å². The van der Waals surface area contributed by atoms with Gasteiger partial charge in [0.25, 0.3) is 5.91 Å². The zero-order chi connectivity index (χ0) is 27.5. The van der Waals surface area contributed by atoms with Crippen molar-refractivity contribution in [2.45, 2.75) is 57.5 Å². The number of pyridine rings is 1. The van der Waals surface area contributed by atoms with Crippen molar-refractivity contribution in [3.8, 4) is 16.9 Å². The molecule has 13 heteroatoms. The first-order valence-electron chi connectivity index (χ1n) is 13.2. The SMILES string of the molecule is CC(=O)c1c([C@H]2C[C@H]3CC[C@@H](C2)N3C(=O)c2nnc[nH]2)nc2c(-c3ccc(-n4cnc(C)c4)nc3)cnn2c1N. The Balaban J connectivity index is 1.26. The molecule has 2 aliphatic heterocycles. The predicted molar refractivity (Wildman–Crippen MR) is 144 cm³/mol. The van der Waals surface area contributed by atoms with Gasteiger partial charge in [0.05, 0.1) is 23.1 Å². The number of Topliss-reactive ketones (excluding diaryl/α,β-unsaturated/α-hetero) is 1. The van der Waals surface area contributed by atoms with E-state index in [2.05, 4.69) is 30.2 Å². The Hall–Kier alpha value is -4.94. The number of amides is 1. The molecule has 40 heavy (non-hydrogen) atoms. The third kappa shape index (κ3) is 3.76. The predicted octanol–water partition coefficient (Wildman–Crippen LogP) is 2.74. The molecule has 0 unspecified atom stereocenters. The highest BCUT2D eigenvalue weighted by atomic mass is 16.2. The zero-order valence-corrected chi connectivity index (χ0v) is 22.0. The van der Waals surface area contributed by atoms with E-state index < -0.39 is 0 Å². The molecule has 3 N–H and O–H groups in total. The summed E-state index contributed by atoms with van der Waals surface area (Å²) in [4.78, 5) is 44.7. The summed E-state index contributed by atoms with van der Waals surface area (Å²) in [5.41, 5.74) is 10.7. The summed E-state index contributed by atoms with van der Waals surface area (Å²) in [7, 11) is 0. The molecule has 5 aromatic rings. The van der Waals surface area contributed by atoms with Gasteiger partial charge in [0, 0.05) is 41.5 Å². The van der Waals surface area contributed by atoms with Crippen LogP contribution >= 0.6 is 0 Å². The highest BCUT2D eigenvalue weighted by molar-refractivity contribution is 6.00. The number of nitrogens with one attached hydrogen (secondary N) is 1. The van der Waals surface area contributed by atoms with Crippen LogP contribution in [0.5, 0.6) is 0 Å². The molecule has 0 radical (unpaired) electrons. The molecule has 7 rings (SSSR count). The Kier molecular flexibility index (Phi) is 5.47. The number of aryl methyl sites for hydroxylation is 1. The summed E-state index contributed by atoms with van der Waals surface area (Å²) in [6, 6.07) is 3.91. The van der Waals surface area contributed by atoms with Crippen molar-refractivity contribution < 1.29 is 9.59 Å². The fraction of sp³-hybridized carbons (Fsp3) is 0.333. The molecular formula is C27H27N11O2. The number of piperidine rings is 1. The van der Waals surface area contributed by atoms with Crippen molar-refractivity contribution in [1.29, 1.82) is 0 Å². The van der Waals surface area contributed by atoms with Gasteiger partial charge in [-0.3, -0.25) is 14.2 Å². The highest BCUT2D eigenvalue weighted by Crippen LogP contribution is 2.45. The summed E-state index contributed by atoms with van der Waals surface area (Å²) < 4.78 is 3.39. The summed E-state index contributed by atoms with van der Waals surface area (Å²) in [6.45, 7) is 3.43. The third-order valence-corrected chi connectivity index (χ3v) is 8.07. The van der Waals surface area contributed by atoms with Gasteiger partial charge in [-0.1, -0.05) is 0 Å². The lowest BCUT2D eigenvalue weighted by Crippen LogP contribution is -2.46. The number of carbonyl (C=O) groups excluding carboxylic acids is 2. The normalized spacial score (nSPS) is 20.4. The van der Waals surface area contributed by atoms with E-state index in [0.29, 0.717) is 29.7 Å². The molecule has 2 fully saturated rings. The number of rotatable bonds is 5. The Morgan fingerprint density at radius 3 is 2.52 bits per heavy atom. The lowest BCUT2D eigenvalue weighted by Gasteiger charge is -2.38. The number of aromatic nitrogens is 9. The number of fused-ring (bicyclic) bond motifs is 3. The van der Waals surface area contributed by atoms with E-state index in [9.17, 15) is 9.59 Å². The first kappa shape index (κ1) is 24.1. The maximum atomic E-state index is 13.1. The van der Waals surface area contributed by atoms with Gasteiger partial charge in [-0.2, -0.15) is 9.61 Å². The first-order valence-corrected chi connectivity index (χ1v) is 13.2. The van der Waals surface area contributed by atoms with Gasteiger partial charge >= 0.3 is 0 Å². The molecule has 7 heterocycles. The highest BCUT2D eigenvalue weighted by Gasteiger charge is 2.45. The van der Waals surface area contributed by atoms with Gasteiger partial charge in [-0.15, -0.1) is 10.2 Å². The minimum absolute atomic E-state index is 0.0216. The summed E-state index contributed by atoms with van der Waals surface area (Å²) in [5, 5.41) is 12.2. The molecule has 0 saturated carbocycles. The van der Waals surface area contributed by atoms with Crippen LogP contribution in [-0.2, 0) is 0 Å². The molecule has 0 spiro atoms. The van der Waals surface area contributed by atoms with E-state index in [1.165, 1.54) is 17.8 Å². The minimum atomic E-state index is -0.159. The Labute approximate surface area is 228 Å². The van der Waals surface area contributed by atoms with Crippen molar-refractivity contribution in [1.82, 2.24) is 49.2 Å². The Bertz CT molecular complexity index is 1740. The lowest BCUT2D eigenvalue weighted by atomic mass is 9.85. The van der Waals surface area contributed by atoms with E-state index in [4.69, 9.17) is 10.7 Å². The number of H-pyrrole nitrogens is 1. The number of hydrogen-bond donors (Lipinski definition) is 2. The molecule has 2 bridgehead atoms. The summed E-state index contributed by atoms with van der Waals surface area (Å²) in [5.74, 6) is 0.927. The van der Waals surface area contributed by atoms with Crippen LogP contribution in [0.4, 0.5) is 5.82 Å². The molecule has 3 atom stereocenters. The summed E-state index contributed by atoms with van der Waals surface area (Å²) >= 11 is 0. The molecule has 5 aromatic heterocycles. The molecule has 0 aromatic carbocycles. The molecule has 13 nitrogen and oxygen atoms in total. The maximum Gasteiger partial charge on any atom is 0.292 e. The van der Waals surface area contributed by atoms with Crippen molar-refractivity contribution in [3.63, 3.8) is 0 Å². The Morgan fingerprint density at radius 2 is 1.90 bits per heavy atom. The zero-order valence-electron chi connectivity index (χ0n) is 22.0. The second-order valence-corrected chi connectivity index (χ2v) is 10.5. The third-order valence-electron chi connectivity index (χ3n) is 8.07. The van der Waals surface area contributed by atoms with Crippen molar-refractivity contribution in [3.05, 3.63) is 66.2 Å². The van der Waals surface area contributed by atoms with Crippen LogP contribution in [0, 0.1) is 6.92 Å². The van der Waals surface area contributed by atoms with Crippen LogP contribution in [0.25, 0.3) is 22.6 Å². The van der Waals surface area contributed by atoms with Crippen molar-refractivity contribution in [2.24, 2.45) is 0 Å². The molecule has 1 amide bonds. The fourth-order valence-electron chi connectivity index (χ4n) is 6.30. The van der Waals surface area contributed by atoms with Crippen LogP contribution in [0.2, 0.25) is 0 Å². The molecule has 0 aliphatic carbocycles. The first-order chi connectivity index (χ1) is 19.4. The standard InChI is InChI=1S/C27H27N11O2/c1-14-11-36(13-31-14)21-6-3-16(9-29-21)20-10-33-38-24(28)22(15(2)39)23(34-26(20)38)17-7-18-4-5-19(8-17)37(18)27(40)25-30-12-32-35-25/h3,6,9-13,17-19H,4-5,7-8,28H2,1-2H3,(H,30,32,35)/t17-,18+,19-. The number of nitrogens with two attached hydrogens (primary N) is 1. The number of ketones is 1. The second-order valence-electron chi connectivity index (χ2n) is 10.5. The number of imidazole rings is 1. The number of anilines is 1. The quantitative estimate of drug-likeness (QED) is 0.321. The van der Waals surface area contributed by atoms with Gasteiger partial charge in [0.15, 0.2) is 11.4 Å². The van der Waals surface area contributed by atoms with Gasteiger partial charge in [-0.05, 0) is 51.7 Å². The second kappa shape index (κ2) is 9.07. The van der Waals surface area contributed by atoms with Crippen molar-refractivity contribution in [2.75, 3.05) is 5.73 Å². The monoisotopic (exact) mass is 537 g/mol. The van der Waals surface area contributed by atoms with Gasteiger partial charge in [-0.25, -0.2) is 15.0 Å². The van der Waals surface area contributed by atoms with Crippen LogP contribution in [-0.4, -0.2) is 73.0 Å². The van der Waals surface area contributed by atoms with Gasteiger partial charge in [0.2, 0.25) is 5.82 Å². The lowest BCUT2D eigenvalue weighted by molar-refractivity contribution is 0.0556. The number of nitrogens with zero attached hydrogens (tertiary/aromatic N) is 9. The summed E-state index contributed by atoms with van der Waals surface area (Å²) in [6.07, 6.45) is 11.7. The number of nitrogen functional groups attached to an aromatic ring is 1. The number of hydrogen-bond acceptors (Lipinski definition) is 9. The van der Waals surface area contributed by atoms with Crippen molar-refractivity contribution >= 4 is 23.2 Å². The average Bonchev–Trinajstić information content (AvgIpc) is 3.75. The van der Waals surface area contributed by atoms with Gasteiger partial charge < -0.3 is 15.6 Å². The number of aromatic amines is 1. The average molecular weight is 538 g/mol. The van der Waals surface area contributed by atoms with Crippen LogP contribution in [0.1, 0.15) is 70.9 Å². The largest absolute Gasteiger partial charge is 0.383 e. The Morgan fingerprint density at radius 1 is 1.10 bits per heavy atom. The maximum absolute atomic E-state index is 13.1. The topological polar surface area (TPSA) is 166 Å². The van der Waals surface area contributed by atoms with E-state index in [-0.39, 0.29) is 41.3 Å². The van der Waals surface area contributed by atoms with Crippen LogP contribution in [0.15, 0.2) is 43.4 Å². The van der Waals surface area contributed by atoms with Gasteiger partial charge in [0.1, 0.15) is 24.3 Å². The smallest absolute Gasteiger partial charge is 0.292 e. The molecule has 2 aliphatic rings. The minimum Gasteiger partial charge on any atom is -0.383 e. The molecule has 202 valence electrons. The van der Waals surface area contributed by atoms with E-state index in [1.54, 1.807) is 18.7 Å².